The molecule has 154 valence electrons. The predicted octanol–water partition coefficient (Wildman–Crippen LogP) is 6.94. The van der Waals surface area contributed by atoms with Crippen LogP contribution in [0.5, 0.6) is 5.75 Å². The maximum atomic E-state index is 6.18. The fourth-order valence-corrected chi connectivity index (χ4v) is 4.30. The lowest BCUT2D eigenvalue weighted by molar-refractivity contribution is 0.306. The fraction of sp³-hybridized carbons (Fsp3) is 0.179. The predicted molar refractivity (Wildman–Crippen MR) is 129 cm³/mol. The van der Waals surface area contributed by atoms with Gasteiger partial charge in [-0.1, -0.05) is 72.3 Å². The molecule has 0 unspecified atom stereocenters. The minimum Gasteiger partial charge on any atom is -0.493 e. The van der Waals surface area contributed by atoms with Crippen LogP contribution in [0.25, 0.3) is 33.2 Å². The number of fused-ring (bicyclic) bond motifs is 2. The summed E-state index contributed by atoms with van der Waals surface area (Å²) in [5.41, 5.74) is 5.92. The van der Waals surface area contributed by atoms with Gasteiger partial charge in [0.15, 0.2) is 0 Å². The van der Waals surface area contributed by atoms with Crippen LogP contribution < -0.4 is 4.74 Å². The van der Waals surface area contributed by atoms with Crippen LogP contribution in [-0.2, 0) is 6.54 Å². The zero-order chi connectivity index (χ0) is 21.2. The number of rotatable bonds is 6. The number of hydrogen-bond acceptors (Lipinski definition) is 2. The normalized spacial score (nSPS) is 11.3. The maximum Gasteiger partial charge on any atom is 0.141 e. The Hall–Kier alpha value is -3.59. The maximum absolute atomic E-state index is 6.18. The summed E-state index contributed by atoms with van der Waals surface area (Å²) >= 11 is 0. The molecule has 5 aromatic rings. The van der Waals surface area contributed by atoms with E-state index in [0.29, 0.717) is 6.61 Å². The molecule has 31 heavy (non-hydrogen) atoms. The van der Waals surface area contributed by atoms with Gasteiger partial charge in [-0.05, 0) is 49.4 Å². The van der Waals surface area contributed by atoms with Crippen molar-refractivity contribution in [3.63, 3.8) is 0 Å². The minimum atomic E-state index is 0.660. The number of benzene rings is 4. The van der Waals surface area contributed by atoms with Crippen molar-refractivity contribution in [2.75, 3.05) is 6.61 Å². The standard InChI is InChI=1S/C28H26N2O/c1-20-15-16-23(21(2)19-20)28-29-25-12-5-6-13-26(25)30(28)17-8-18-31-27-14-7-10-22-9-3-4-11-24(22)27/h3-7,9-16,19H,8,17-18H2,1-2H3. The van der Waals surface area contributed by atoms with E-state index >= 15 is 0 Å². The molecular formula is C28H26N2O. The van der Waals surface area contributed by atoms with Gasteiger partial charge in [0.25, 0.3) is 0 Å². The van der Waals surface area contributed by atoms with Gasteiger partial charge in [0.1, 0.15) is 11.6 Å². The number of para-hydroxylation sites is 2. The van der Waals surface area contributed by atoms with E-state index in [1.54, 1.807) is 0 Å². The van der Waals surface area contributed by atoms with E-state index in [-0.39, 0.29) is 0 Å². The number of aryl methyl sites for hydroxylation is 3. The molecule has 0 saturated heterocycles. The van der Waals surface area contributed by atoms with Crippen LogP contribution >= 0.6 is 0 Å². The van der Waals surface area contributed by atoms with Crippen molar-refractivity contribution in [1.82, 2.24) is 9.55 Å². The summed E-state index contributed by atoms with van der Waals surface area (Å²) < 4.78 is 8.51. The zero-order valence-electron chi connectivity index (χ0n) is 18.0. The third kappa shape index (κ3) is 3.79. The summed E-state index contributed by atoms with van der Waals surface area (Å²) in [6.45, 7) is 5.81. The Kier molecular flexibility index (Phi) is 5.17. The molecule has 0 spiro atoms. The number of hydrogen-bond donors (Lipinski definition) is 0. The molecule has 1 aromatic heterocycles. The summed E-state index contributed by atoms with van der Waals surface area (Å²) in [5, 5.41) is 2.37. The molecule has 0 radical (unpaired) electrons. The third-order valence-electron chi connectivity index (χ3n) is 5.81. The number of ether oxygens (including phenoxy) is 1. The van der Waals surface area contributed by atoms with E-state index in [1.165, 1.54) is 27.6 Å². The number of nitrogens with zero attached hydrogens (tertiary/aromatic N) is 2. The molecule has 0 aliphatic heterocycles. The van der Waals surface area contributed by atoms with Gasteiger partial charge >= 0.3 is 0 Å². The molecule has 0 bridgehead atoms. The Morgan fingerprint density at radius 2 is 1.65 bits per heavy atom. The Morgan fingerprint density at radius 3 is 2.55 bits per heavy atom. The second-order valence-corrected chi connectivity index (χ2v) is 8.07. The van der Waals surface area contributed by atoms with Crippen molar-refractivity contribution in [1.29, 1.82) is 0 Å². The second-order valence-electron chi connectivity index (χ2n) is 8.07. The highest BCUT2D eigenvalue weighted by molar-refractivity contribution is 5.88. The van der Waals surface area contributed by atoms with Crippen molar-refractivity contribution in [3.05, 3.63) is 96.1 Å². The number of imidazole rings is 1. The second kappa shape index (κ2) is 8.27. The van der Waals surface area contributed by atoms with E-state index < -0.39 is 0 Å². The van der Waals surface area contributed by atoms with Gasteiger partial charge in [0.05, 0.1) is 17.6 Å². The van der Waals surface area contributed by atoms with Gasteiger partial charge in [-0.2, -0.15) is 0 Å². The first-order valence-electron chi connectivity index (χ1n) is 10.8. The molecule has 1 heterocycles. The monoisotopic (exact) mass is 406 g/mol. The quantitative estimate of drug-likeness (QED) is 0.286. The zero-order valence-corrected chi connectivity index (χ0v) is 18.0. The minimum absolute atomic E-state index is 0.660. The molecule has 3 nitrogen and oxygen atoms in total. The molecule has 0 aliphatic rings. The van der Waals surface area contributed by atoms with Gasteiger partial charge in [-0.15, -0.1) is 0 Å². The van der Waals surface area contributed by atoms with Crippen molar-refractivity contribution >= 4 is 21.8 Å². The van der Waals surface area contributed by atoms with Crippen LogP contribution in [0.2, 0.25) is 0 Å². The van der Waals surface area contributed by atoms with Gasteiger partial charge < -0.3 is 9.30 Å². The van der Waals surface area contributed by atoms with Gasteiger partial charge in [0, 0.05) is 17.5 Å². The van der Waals surface area contributed by atoms with Crippen molar-refractivity contribution in [2.45, 2.75) is 26.8 Å². The molecule has 0 aliphatic carbocycles. The van der Waals surface area contributed by atoms with E-state index in [0.717, 1.165) is 35.4 Å². The van der Waals surface area contributed by atoms with E-state index in [9.17, 15) is 0 Å². The Morgan fingerprint density at radius 1 is 0.839 bits per heavy atom. The van der Waals surface area contributed by atoms with Gasteiger partial charge in [-0.25, -0.2) is 4.98 Å². The molecule has 0 N–H and O–H groups in total. The molecule has 0 atom stereocenters. The molecule has 0 saturated carbocycles. The highest BCUT2D eigenvalue weighted by Crippen LogP contribution is 2.29. The van der Waals surface area contributed by atoms with Crippen molar-refractivity contribution in [3.8, 4) is 17.1 Å². The molecule has 4 aromatic carbocycles. The van der Waals surface area contributed by atoms with E-state index in [4.69, 9.17) is 9.72 Å². The first kappa shape index (κ1) is 19.4. The SMILES string of the molecule is Cc1ccc(-c2nc3ccccc3n2CCCOc2cccc3ccccc23)c(C)c1. The fourth-order valence-electron chi connectivity index (χ4n) is 4.30. The third-order valence-corrected chi connectivity index (χ3v) is 5.81. The van der Waals surface area contributed by atoms with Gasteiger partial charge in [-0.3, -0.25) is 0 Å². The Labute approximate surface area is 182 Å². The summed E-state index contributed by atoms with van der Waals surface area (Å²) in [4.78, 5) is 4.97. The molecule has 0 fully saturated rings. The van der Waals surface area contributed by atoms with Crippen LogP contribution in [0.15, 0.2) is 84.9 Å². The van der Waals surface area contributed by atoms with Crippen molar-refractivity contribution in [2.24, 2.45) is 0 Å². The summed E-state index contributed by atoms with van der Waals surface area (Å²) in [7, 11) is 0. The first-order valence-corrected chi connectivity index (χ1v) is 10.8. The highest BCUT2D eigenvalue weighted by atomic mass is 16.5. The average Bonchev–Trinajstić information content (AvgIpc) is 3.15. The number of aromatic nitrogens is 2. The summed E-state index contributed by atoms with van der Waals surface area (Å²) in [5.74, 6) is 1.98. The smallest absolute Gasteiger partial charge is 0.141 e. The topological polar surface area (TPSA) is 27.1 Å². The lowest BCUT2D eigenvalue weighted by Crippen LogP contribution is -2.06. The first-order chi connectivity index (χ1) is 15.2. The van der Waals surface area contributed by atoms with Crippen molar-refractivity contribution < 1.29 is 4.74 Å². The Bertz CT molecular complexity index is 1360. The largest absolute Gasteiger partial charge is 0.493 e. The summed E-state index contributed by atoms with van der Waals surface area (Å²) in [6.07, 6.45) is 0.904. The van der Waals surface area contributed by atoms with Crippen LogP contribution in [0.4, 0.5) is 0 Å². The Balaban J connectivity index is 1.40. The lowest BCUT2D eigenvalue weighted by Gasteiger charge is -2.13. The molecule has 0 amide bonds. The molecule has 5 rings (SSSR count). The molecule has 3 heteroatoms. The lowest BCUT2D eigenvalue weighted by atomic mass is 10.1. The summed E-state index contributed by atoms with van der Waals surface area (Å²) in [6, 6.07) is 29.5. The van der Waals surface area contributed by atoms with Crippen LogP contribution in [0.3, 0.4) is 0 Å². The average molecular weight is 407 g/mol. The van der Waals surface area contributed by atoms with E-state index in [2.05, 4.69) is 103 Å². The van der Waals surface area contributed by atoms with Gasteiger partial charge in [0.2, 0.25) is 0 Å². The van der Waals surface area contributed by atoms with Crippen LogP contribution in [0.1, 0.15) is 17.5 Å². The van der Waals surface area contributed by atoms with Crippen LogP contribution in [0, 0.1) is 13.8 Å². The molecular weight excluding hydrogens is 380 g/mol. The van der Waals surface area contributed by atoms with E-state index in [1.807, 2.05) is 0 Å². The van der Waals surface area contributed by atoms with Crippen LogP contribution in [-0.4, -0.2) is 16.2 Å². The highest BCUT2D eigenvalue weighted by Gasteiger charge is 2.14.